The molecule has 35 heavy (non-hydrogen) atoms. The van der Waals surface area contributed by atoms with Gasteiger partial charge in [0.05, 0.1) is 23.3 Å². The fourth-order valence-electron chi connectivity index (χ4n) is 2.84. The molecular formula is C20H12Cl2F3N7O2S. The molecule has 4 aromatic rings. The molecule has 0 bridgehead atoms. The van der Waals surface area contributed by atoms with Crippen LogP contribution in [-0.4, -0.2) is 36.7 Å². The number of nitrogens with zero attached hydrogens (tertiary/aromatic N) is 4. The Labute approximate surface area is 208 Å². The average Bonchev–Trinajstić information content (AvgIpc) is 3.51. The average molecular weight is 542 g/mol. The van der Waals surface area contributed by atoms with E-state index in [4.69, 9.17) is 23.2 Å². The largest absolute Gasteiger partial charge is 0.417 e. The van der Waals surface area contributed by atoms with Gasteiger partial charge in [-0.15, -0.1) is 11.3 Å². The first-order valence-corrected chi connectivity index (χ1v) is 11.1. The number of aromatic amines is 1. The molecule has 3 N–H and O–H groups in total. The number of halogens is 5. The van der Waals surface area contributed by atoms with Crippen LogP contribution in [-0.2, 0) is 12.7 Å². The van der Waals surface area contributed by atoms with E-state index in [0.29, 0.717) is 10.8 Å². The first kappa shape index (κ1) is 24.6. The lowest BCUT2D eigenvalue weighted by atomic mass is 10.2. The van der Waals surface area contributed by atoms with Crippen LogP contribution in [0.5, 0.6) is 0 Å². The van der Waals surface area contributed by atoms with Crippen molar-refractivity contribution in [2.24, 2.45) is 0 Å². The number of nitrogens with one attached hydrogen (secondary N) is 3. The molecule has 3 heterocycles. The Morgan fingerprint density at radius 3 is 2.60 bits per heavy atom. The Kier molecular flexibility index (Phi) is 7.00. The second-order valence-electron chi connectivity index (χ2n) is 6.77. The molecule has 9 nitrogen and oxygen atoms in total. The van der Waals surface area contributed by atoms with Crippen LogP contribution in [0.25, 0.3) is 11.5 Å². The van der Waals surface area contributed by atoms with Crippen LogP contribution >= 0.6 is 34.5 Å². The smallest absolute Gasteiger partial charge is 0.344 e. The van der Waals surface area contributed by atoms with Gasteiger partial charge in [0.15, 0.2) is 11.5 Å². The summed E-state index contributed by atoms with van der Waals surface area (Å²) in [6, 6.07) is 3.04. The number of carbonyl (C=O) groups excluding carboxylic acids is 2. The summed E-state index contributed by atoms with van der Waals surface area (Å²) in [6.45, 7) is -0.0492. The van der Waals surface area contributed by atoms with E-state index in [0.717, 1.165) is 23.5 Å². The van der Waals surface area contributed by atoms with Crippen LogP contribution in [0, 0.1) is 0 Å². The number of rotatable bonds is 6. The third-order valence-electron chi connectivity index (χ3n) is 4.43. The highest BCUT2D eigenvalue weighted by Gasteiger charge is 2.33. The Balaban J connectivity index is 1.41. The number of anilines is 1. The zero-order chi connectivity index (χ0) is 25.2. The number of thiazole rings is 1. The van der Waals surface area contributed by atoms with Crippen LogP contribution < -0.4 is 10.6 Å². The SMILES string of the molecule is O=C(Nc1ccc(Cl)c(C(F)(F)F)c1)c1cnc(CNC(=O)c2ncnc(-c3ncc[nH]3)c2Cl)s1. The monoisotopic (exact) mass is 541 g/mol. The van der Waals surface area contributed by atoms with E-state index in [1.165, 1.54) is 24.8 Å². The Hall–Kier alpha value is -3.55. The Morgan fingerprint density at radius 1 is 1.09 bits per heavy atom. The van der Waals surface area contributed by atoms with Crippen molar-refractivity contribution in [3.8, 4) is 11.5 Å². The van der Waals surface area contributed by atoms with Gasteiger partial charge in [-0.1, -0.05) is 23.2 Å². The lowest BCUT2D eigenvalue weighted by Gasteiger charge is -2.11. The number of aromatic nitrogens is 5. The van der Waals surface area contributed by atoms with Gasteiger partial charge in [-0.3, -0.25) is 9.59 Å². The zero-order valence-corrected chi connectivity index (χ0v) is 19.5. The number of H-pyrrole nitrogens is 1. The summed E-state index contributed by atoms with van der Waals surface area (Å²) in [5.74, 6) is -0.908. The quantitative estimate of drug-likeness (QED) is 0.321. The van der Waals surface area contributed by atoms with E-state index in [1.54, 1.807) is 6.20 Å². The fraction of sp³-hybridized carbons (Fsp3) is 0.100. The summed E-state index contributed by atoms with van der Waals surface area (Å²) in [5.41, 5.74) is -0.976. The number of imidazole rings is 1. The minimum Gasteiger partial charge on any atom is -0.344 e. The van der Waals surface area contributed by atoms with Gasteiger partial charge in [0.2, 0.25) is 0 Å². The van der Waals surface area contributed by atoms with Crippen molar-refractivity contribution >= 4 is 52.0 Å². The van der Waals surface area contributed by atoms with Crippen LogP contribution in [0.2, 0.25) is 10.0 Å². The molecule has 0 atom stereocenters. The van der Waals surface area contributed by atoms with E-state index >= 15 is 0 Å². The Bertz CT molecular complexity index is 1390. The van der Waals surface area contributed by atoms with Gasteiger partial charge in [0, 0.05) is 18.1 Å². The predicted molar refractivity (Wildman–Crippen MR) is 122 cm³/mol. The van der Waals surface area contributed by atoms with E-state index in [1.807, 2.05) is 0 Å². The molecule has 0 unspecified atom stereocenters. The highest BCUT2D eigenvalue weighted by Crippen LogP contribution is 2.36. The molecule has 0 fully saturated rings. The maximum absolute atomic E-state index is 13.0. The van der Waals surface area contributed by atoms with E-state index in [9.17, 15) is 22.8 Å². The van der Waals surface area contributed by atoms with Crippen molar-refractivity contribution in [3.05, 3.63) is 74.3 Å². The Morgan fingerprint density at radius 2 is 1.89 bits per heavy atom. The molecule has 0 aliphatic heterocycles. The van der Waals surface area contributed by atoms with Crippen molar-refractivity contribution in [1.82, 2.24) is 30.2 Å². The van der Waals surface area contributed by atoms with Crippen LogP contribution in [0.15, 0.2) is 43.1 Å². The molecule has 0 aliphatic rings. The van der Waals surface area contributed by atoms with Crippen molar-refractivity contribution in [1.29, 1.82) is 0 Å². The van der Waals surface area contributed by atoms with Gasteiger partial charge in [-0.2, -0.15) is 13.2 Å². The maximum Gasteiger partial charge on any atom is 0.417 e. The molecule has 180 valence electrons. The van der Waals surface area contributed by atoms with Crippen molar-refractivity contribution in [2.45, 2.75) is 12.7 Å². The summed E-state index contributed by atoms with van der Waals surface area (Å²) >= 11 is 12.8. The van der Waals surface area contributed by atoms with Crippen LogP contribution in [0.1, 0.15) is 30.7 Å². The first-order valence-electron chi connectivity index (χ1n) is 9.54. The topological polar surface area (TPSA) is 126 Å². The third-order valence-corrected chi connectivity index (χ3v) is 6.12. The molecule has 4 rings (SSSR count). The van der Waals surface area contributed by atoms with E-state index in [2.05, 4.69) is 35.6 Å². The van der Waals surface area contributed by atoms with Crippen LogP contribution in [0.3, 0.4) is 0 Å². The standard InChI is InChI=1S/C20H12Cl2F3N7O2S/c21-11-2-1-9(5-10(11)20(23,24)25)32-18(33)12-6-28-13(35-12)7-29-19(34)16-14(22)15(30-8-31-16)17-26-3-4-27-17/h1-6,8H,7H2,(H,26,27)(H,29,34)(H,32,33). The number of alkyl halides is 3. The first-order chi connectivity index (χ1) is 16.6. The highest BCUT2D eigenvalue weighted by atomic mass is 35.5. The maximum atomic E-state index is 13.0. The van der Waals surface area contributed by atoms with Crippen molar-refractivity contribution < 1.29 is 22.8 Å². The minimum absolute atomic E-state index is 0.000321. The summed E-state index contributed by atoms with van der Waals surface area (Å²) < 4.78 is 39.1. The summed E-state index contributed by atoms with van der Waals surface area (Å²) in [6.07, 6.45) is 0.830. The number of amides is 2. The van der Waals surface area contributed by atoms with Crippen LogP contribution in [0.4, 0.5) is 18.9 Å². The molecule has 0 saturated carbocycles. The highest BCUT2D eigenvalue weighted by molar-refractivity contribution is 7.13. The van der Waals surface area contributed by atoms with Gasteiger partial charge in [-0.05, 0) is 18.2 Å². The van der Waals surface area contributed by atoms with Gasteiger partial charge >= 0.3 is 6.18 Å². The number of benzene rings is 1. The van der Waals surface area contributed by atoms with Gasteiger partial charge in [0.25, 0.3) is 11.8 Å². The lowest BCUT2D eigenvalue weighted by molar-refractivity contribution is -0.137. The molecule has 1 aromatic carbocycles. The molecular weight excluding hydrogens is 530 g/mol. The van der Waals surface area contributed by atoms with E-state index in [-0.39, 0.29) is 33.5 Å². The van der Waals surface area contributed by atoms with Crippen molar-refractivity contribution in [3.63, 3.8) is 0 Å². The normalized spacial score (nSPS) is 11.3. The number of hydrogen-bond acceptors (Lipinski definition) is 7. The van der Waals surface area contributed by atoms with Gasteiger partial charge < -0.3 is 15.6 Å². The fourth-order valence-corrected chi connectivity index (χ4v) is 4.09. The molecule has 2 amide bonds. The molecule has 0 spiro atoms. The summed E-state index contributed by atoms with van der Waals surface area (Å²) in [5, 5.41) is 4.85. The van der Waals surface area contributed by atoms with Gasteiger partial charge in [0.1, 0.15) is 26.9 Å². The lowest BCUT2D eigenvalue weighted by Crippen LogP contribution is -2.24. The molecule has 15 heteroatoms. The number of hydrogen-bond donors (Lipinski definition) is 3. The molecule has 3 aromatic heterocycles. The summed E-state index contributed by atoms with van der Waals surface area (Å²) in [7, 11) is 0. The third kappa shape index (κ3) is 5.58. The minimum atomic E-state index is -4.67. The summed E-state index contributed by atoms with van der Waals surface area (Å²) in [4.78, 5) is 44.0. The molecule has 0 radical (unpaired) electrons. The van der Waals surface area contributed by atoms with E-state index < -0.39 is 28.6 Å². The second kappa shape index (κ2) is 9.98. The zero-order valence-electron chi connectivity index (χ0n) is 17.2. The second-order valence-corrected chi connectivity index (χ2v) is 8.67. The van der Waals surface area contributed by atoms with Gasteiger partial charge in [-0.25, -0.2) is 19.9 Å². The van der Waals surface area contributed by atoms with Crippen molar-refractivity contribution in [2.75, 3.05) is 5.32 Å². The molecule has 0 saturated heterocycles. The number of carbonyl (C=O) groups is 2. The molecule has 0 aliphatic carbocycles. The predicted octanol–water partition coefficient (Wildman–Crippen LogP) is 4.83.